The van der Waals surface area contributed by atoms with Gasteiger partial charge in [0.1, 0.15) is 17.8 Å². The van der Waals surface area contributed by atoms with Gasteiger partial charge < -0.3 is 26.4 Å². The van der Waals surface area contributed by atoms with E-state index in [1.165, 1.54) is 6.33 Å². The Balaban J connectivity index is 1.78. The van der Waals surface area contributed by atoms with Crippen molar-refractivity contribution in [2.45, 2.75) is 57.7 Å². The molecular formula is C20H30N6O. The van der Waals surface area contributed by atoms with Crippen LogP contribution in [0.1, 0.15) is 40.5 Å². The second-order valence-electron chi connectivity index (χ2n) is 8.48. The van der Waals surface area contributed by atoms with E-state index in [0.717, 1.165) is 24.3 Å². The predicted molar refractivity (Wildman–Crippen MR) is 111 cm³/mol. The number of benzene rings is 1. The van der Waals surface area contributed by atoms with Gasteiger partial charge in [0.2, 0.25) is 0 Å². The molecule has 3 rings (SSSR count). The van der Waals surface area contributed by atoms with E-state index in [1.54, 1.807) is 7.11 Å². The smallest absolute Gasteiger partial charge is 0.159 e. The summed E-state index contributed by atoms with van der Waals surface area (Å²) < 4.78 is 5.26. The van der Waals surface area contributed by atoms with Crippen LogP contribution in [0.25, 0.3) is 0 Å². The van der Waals surface area contributed by atoms with Gasteiger partial charge in [0.05, 0.1) is 7.11 Å². The fourth-order valence-electron chi connectivity index (χ4n) is 4.07. The molecule has 2 aromatic rings. The van der Waals surface area contributed by atoms with Crippen molar-refractivity contribution in [3.8, 4) is 5.75 Å². The summed E-state index contributed by atoms with van der Waals surface area (Å²) in [5.41, 5.74) is 7.81. The highest BCUT2D eigenvalue weighted by atomic mass is 16.5. The van der Waals surface area contributed by atoms with Crippen molar-refractivity contribution in [2.75, 3.05) is 23.5 Å². The van der Waals surface area contributed by atoms with Crippen molar-refractivity contribution in [3.05, 3.63) is 30.6 Å². The average Bonchev–Trinajstić information content (AvgIpc) is 2.56. The van der Waals surface area contributed by atoms with E-state index in [1.807, 2.05) is 24.3 Å². The SMILES string of the molecule is COc1cccc(Nc2ncnc(NC3CC(C)(C)NC(C)(C)C3)c2N)c1. The summed E-state index contributed by atoms with van der Waals surface area (Å²) in [6.45, 7) is 8.90. The topological polar surface area (TPSA) is 97.1 Å². The van der Waals surface area contributed by atoms with Crippen LogP contribution in [0.2, 0.25) is 0 Å². The number of ether oxygens (including phenoxy) is 1. The summed E-state index contributed by atoms with van der Waals surface area (Å²) in [6.07, 6.45) is 3.50. The first-order valence-electron chi connectivity index (χ1n) is 9.25. The Hall–Kier alpha value is -2.54. The molecule has 0 radical (unpaired) electrons. The summed E-state index contributed by atoms with van der Waals surface area (Å²) in [6, 6.07) is 7.92. The van der Waals surface area contributed by atoms with Gasteiger partial charge in [-0.15, -0.1) is 0 Å². The predicted octanol–water partition coefficient (Wildman–Crippen LogP) is 3.53. The van der Waals surface area contributed by atoms with Gasteiger partial charge in [0.15, 0.2) is 11.6 Å². The highest BCUT2D eigenvalue weighted by molar-refractivity contribution is 5.78. The molecule has 0 spiro atoms. The highest BCUT2D eigenvalue weighted by Crippen LogP contribution is 2.33. The molecule has 2 heterocycles. The fraction of sp³-hybridized carbons (Fsp3) is 0.500. The Morgan fingerprint density at radius 3 is 2.44 bits per heavy atom. The van der Waals surface area contributed by atoms with Crippen molar-refractivity contribution in [2.24, 2.45) is 0 Å². The summed E-state index contributed by atoms with van der Waals surface area (Å²) in [4.78, 5) is 8.67. The molecule has 1 aliphatic heterocycles. The second-order valence-corrected chi connectivity index (χ2v) is 8.48. The number of rotatable bonds is 5. The first-order chi connectivity index (χ1) is 12.7. The molecule has 0 amide bonds. The maximum atomic E-state index is 6.36. The third-order valence-corrected chi connectivity index (χ3v) is 4.75. The molecule has 1 aromatic heterocycles. The van der Waals surface area contributed by atoms with Crippen molar-refractivity contribution in [1.29, 1.82) is 0 Å². The van der Waals surface area contributed by atoms with Gasteiger partial charge in [-0.3, -0.25) is 0 Å². The van der Waals surface area contributed by atoms with Gasteiger partial charge >= 0.3 is 0 Å². The number of aromatic nitrogens is 2. The zero-order valence-corrected chi connectivity index (χ0v) is 16.8. The van der Waals surface area contributed by atoms with Gasteiger partial charge in [0.25, 0.3) is 0 Å². The minimum absolute atomic E-state index is 0.0445. The van der Waals surface area contributed by atoms with E-state index in [-0.39, 0.29) is 17.1 Å². The number of hydrogen-bond acceptors (Lipinski definition) is 7. The first-order valence-corrected chi connectivity index (χ1v) is 9.25. The lowest BCUT2D eigenvalue weighted by molar-refractivity contribution is 0.170. The summed E-state index contributed by atoms with van der Waals surface area (Å²) in [5, 5.41) is 10.5. The molecule has 0 unspecified atom stereocenters. The zero-order valence-electron chi connectivity index (χ0n) is 16.8. The molecule has 146 valence electrons. The normalized spacial score (nSPS) is 18.7. The summed E-state index contributed by atoms with van der Waals surface area (Å²) >= 11 is 0. The van der Waals surface area contributed by atoms with Gasteiger partial charge in [-0.2, -0.15) is 0 Å². The maximum Gasteiger partial charge on any atom is 0.159 e. The van der Waals surface area contributed by atoms with Crippen LogP contribution in [-0.2, 0) is 0 Å². The Morgan fingerprint density at radius 2 is 1.78 bits per heavy atom. The molecule has 1 aliphatic rings. The third kappa shape index (κ3) is 4.80. The number of piperidine rings is 1. The fourth-order valence-corrected chi connectivity index (χ4v) is 4.07. The lowest BCUT2D eigenvalue weighted by Crippen LogP contribution is -2.60. The van der Waals surface area contributed by atoms with Crippen molar-refractivity contribution in [3.63, 3.8) is 0 Å². The minimum atomic E-state index is 0.0445. The molecular weight excluding hydrogens is 340 g/mol. The average molecular weight is 371 g/mol. The van der Waals surface area contributed by atoms with E-state index in [9.17, 15) is 0 Å². The summed E-state index contributed by atoms with van der Waals surface area (Å²) in [5.74, 6) is 2.01. The molecule has 0 bridgehead atoms. The molecule has 7 heteroatoms. The van der Waals surface area contributed by atoms with Crippen molar-refractivity contribution >= 4 is 23.0 Å². The Morgan fingerprint density at radius 1 is 1.11 bits per heavy atom. The molecule has 1 aromatic carbocycles. The van der Waals surface area contributed by atoms with Gasteiger partial charge in [-0.05, 0) is 52.7 Å². The Kier molecular flexibility index (Phi) is 5.15. The number of hydrogen-bond donors (Lipinski definition) is 4. The molecule has 0 aliphatic carbocycles. The maximum absolute atomic E-state index is 6.36. The molecule has 0 atom stereocenters. The van der Waals surface area contributed by atoms with Crippen LogP contribution in [0.4, 0.5) is 23.0 Å². The van der Waals surface area contributed by atoms with E-state index >= 15 is 0 Å². The molecule has 27 heavy (non-hydrogen) atoms. The van der Waals surface area contributed by atoms with Gasteiger partial charge in [0, 0.05) is 28.9 Å². The Bertz CT molecular complexity index is 789. The zero-order chi connectivity index (χ0) is 19.7. The molecule has 5 N–H and O–H groups in total. The molecule has 0 saturated carbocycles. The first kappa shape index (κ1) is 19.2. The van der Waals surface area contributed by atoms with E-state index in [4.69, 9.17) is 10.5 Å². The monoisotopic (exact) mass is 370 g/mol. The molecule has 7 nitrogen and oxygen atoms in total. The van der Waals surface area contributed by atoms with Gasteiger partial charge in [-0.25, -0.2) is 9.97 Å². The largest absolute Gasteiger partial charge is 0.497 e. The van der Waals surface area contributed by atoms with Crippen LogP contribution >= 0.6 is 0 Å². The third-order valence-electron chi connectivity index (χ3n) is 4.75. The van der Waals surface area contributed by atoms with Crippen LogP contribution in [0, 0.1) is 0 Å². The van der Waals surface area contributed by atoms with Gasteiger partial charge in [-0.1, -0.05) is 6.07 Å². The minimum Gasteiger partial charge on any atom is -0.497 e. The van der Waals surface area contributed by atoms with E-state index in [2.05, 4.69) is 53.6 Å². The van der Waals surface area contributed by atoms with Crippen molar-refractivity contribution < 1.29 is 4.74 Å². The molecule has 1 fully saturated rings. The van der Waals surface area contributed by atoms with Crippen LogP contribution in [0.15, 0.2) is 30.6 Å². The number of nitrogen functional groups attached to an aromatic ring is 1. The quantitative estimate of drug-likeness (QED) is 0.639. The number of nitrogens with one attached hydrogen (secondary N) is 3. The number of nitrogens with two attached hydrogens (primary N) is 1. The van der Waals surface area contributed by atoms with E-state index < -0.39 is 0 Å². The standard InChI is InChI=1S/C20H30N6O/c1-19(2)10-14(11-20(3,4)26-19)25-18-16(21)17(22-12-23-18)24-13-7-6-8-15(9-13)27-5/h6-9,12,14,26H,10-11,21H2,1-5H3,(H2,22,23,24,25). The number of nitrogens with zero attached hydrogens (tertiary/aromatic N) is 2. The highest BCUT2D eigenvalue weighted by Gasteiger charge is 2.37. The number of methoxy groups -OCH3 is 1. The Labute approximate surface area is 161 Å². The van der Waals surface area contributed by atoms with Crippen LogP contribution < -0.4 is 26.4 Å². The number of anilines is 4. The van der Waals surface area contributed by atoms with Crippen LogP contribution in [-0.4, -0.2) is 34.2 Å². The lowest BCUT2D eigenvalue weighted by Gasteiger charge is -2.46. The second kappa shape index (κ2) is 7.23. The lowest BCUT2D eigenvalue weighted by atomic mass is 9.79. The van der Waals surface area contributed by atoms with E-state index in [0.29, 0.717) is 17.3 Å². The molecule has 1 saturated heterocycles. The summed E-state index contributed by atoms with van der Waals surface area (Å²) in [7, 11) is 1.64. The van der Waals surface area contributed by atoms with Crippen LogP contribution in [0.3, 0.4) is 0 Å². The van der Waals surface area contributed by atoms with Crippen molar-refractivity contribution in [1.82, 2.24) is 15.3 Å². The van der Waals surface area contributed by atoms with Crippen LogP contribution in [0.5, 0.6) is 5.75 Å².